The zero-order chi connectivity index (χ0) is 20.4. The van der Waals surface area contributed by atoms with Crippen LogP contribution in [0.25, 0.3) is 5.69 Å². The summed E-state index contributed by atoms with van der Waals surface area (Å²) < 4.78 is 1.30. The molecule has 148 valence electrons. The van der Waals surface area contributed by atoms with Crippen LogP contribution >= 0.6 is 0 Å². The molecule has 0 bridgehead atoms. The van der Waals surface area contributed by atoms with Crippen LogP contribution in [0.3, 0.4) is 0 Å². The van der Waals surface area contributed by atoms with Gasteiger partial charge < -0.3 is 5.32 Å². The third kappa shape index (κ3) is 3.87. The van der Waals surface area contributed by atoms with Gasteiger partial charge in [0.2, 0.25) is 0 Å². The van der Waals surface area contributed by atoms with E-state index in [1.807, 2.05) is 13.0 Å². The molecule has 8 nitrogen and oxygen atoms in total. The van der Waals surface area contributed by atoms with Crippen LogP contribution in [0.5, 0.6) is 0 Å². The van der Waals surface area contributed by atoms with Gasteiger partial charge in [-0.1, -0.05) is 18.2 Å². The van der Waals surface area contributed by atoms with Crippen molar-refractivity contribution in [1.82, 2.24) is 20.1 Å². The van der Waals surface area contributed by atoms with Crippen LogP contribution in [0.4, 0.5) is 5.69 Å². The fourth-order valence-corrected chi connectivity index (χ4v) is 3.72. The molecular weight excluding hydrogens is 370 g/mol. The first-order valence-electron chi connectivity index (χ1n) is 9.59. The summed E-state index contributed by atoms with van der Waals surface area (Å²) in [5, 5.41) is 18.4. The SMILES string of the molecule is CC(NC(=O)c1ccc(-n2cncn2)c([N+](=O)[O-])c1)c1ccc2c(c1)CCCC2. The minimum Gasteiger partial charge on any atom is -0.346 e. The van der Waals surface area contributed by atoms with Gasteiger partial charge in [-0.2, -0.15) is 5.10 Å². The maximum absolute atomic E-state index is 12.7. The smallest absolute Gasteiger partial charge is 0.295 e. The fraction of sp³-hybridized carbons (Fsp3) is 0.286. The summed E-state index contributed by atoms with van der Waals surface area (Å²) in [5.74, 6) is -0.358. The first-order chi connectivity index (χ1) is 14.0. The Morgan fingerprint density at radius 2 is 1.97 bits per heavy atom. The Balaban J connectivity index is 1.55. The highest BCUT2D eigenvalue weighted by atomic mass is 16.6. The lowest BCUT2D eigenvalue weighted by Gasteiger charge is -2.20. The van der Waals surface area contributed by atoms with Crippen LogP contribution in [0.2, 0.25) is 0 Å². The van der Waals surface area contributed by atoms with Crippen LogP contribution < -0.4 is 5.32 Å². The van der Waals surface area contributed by atoms with Gasteiger partial charge in [-0.05, 0) is 61.4 Å². The van der Waals surface area contributed by atoms with E-state index in [1.165, 1.54) is 53.4 Å². The topological polar surface area (TPSA) is 103 Å². The molecule has 0 radical (unpaired) electrons. The number of rotatable bonds is 5. The number of aryl methyl sites for hydroxylation is 2. The predicted molar refractivity (Wildman–Crippen MR) is 107 cm³/mol. The van der Waals surface area contributed by atoms with E-state index in [0.29, 0.717) is 0 Å². The van der Waals surface area contributed by atoms with E-state index in [1.54, 1.807) is 6.07 Å². The van der Waals surface area contributed by atoms with Crippen molar-refractivity contribution in [2.24, 2.45) is 0 Å². The molecule has 1 atom stereocenters. The second-order valence-corrected chi connectivity index (χ2v) is 7.23. The average Bonchev–Trinajstić information content (AvgIpc) is 3.27. The number of benzene rings is 2. The van der Waals surface area contributed by atoms with Gasteiger partial charge in [0.25, 0.3) is 11.6 Å². The first-order valence-corrected chi connectivity index (χ1v) is 9.59. The Labute approximate surface area is 167 Å². The number of carbonyl (C=O) groups excluding carboxylic acids is 1. The molecular formula is C21H21N5O3. The zero-order valence-corrected chi connectivity index (χ0v) is 16.0. The van der Waals surface area contributed by atoms with Crippen molar-refractivity contribution >= 4 is 11.6 Å². The lowest BCUT2D eigenvalue weighted by Crippen LogP contribution is -2.27. The fourth-order valence-electron chi connectivity index (χ4n) is 3.72. The third-order valence-corrected chi connectivity index (χ3v) is 5.32. The zero-order valence-electron chi connectivity index (χ0n) is 16.0. The molecule has 1 N–H and O–H groups in total. The molecule has 1 amide bonds. The van der Waals surface area contributed by atoms with Crippen molar-refractivity contribution in [3.63, 3.8) is 0 Å². The average molecular weight is 391 g/mol. The third-order valence-electron chi connectivity index (χ3n) is 5.32. The number of aromatic nitrogens is 3. The molecule has 0 aliphatic heterocycles. The highest BCUT2D eigenvalue weighted by molar-refractivity contribution is 5.95. The molecule has 8 heteroatoms. The second-order valence-electron chi connectivity index (χ2n) is 7.23. The van der Waals surface area contributed by atoms with E-state index in [9.17, 15) is 14.9 Å². The summed E-state index contributed by atoms with van der Waals surface area (Å²) in [6.07, 6.45) is 7.27. The van der Waals surface area contributed by atoms with Crippen LogP contribution in [-0.4, -0.2) is 25.6 Å². The van der Waals surface area contributed by atoms with E-state index in [2.05, 4.69) is 27.5 Å². The van der Waals surface area contributed by atoms with E-state index < -0.39 is 4.92 Å². The van der Waals surface area contributed by atoms with E-state index in [-0.39, 0.29) is 28.9 Å². The number of carbonyl (C=O) groups is 1. The molecule has 2 aromatic carbocycles. The normalized spacial score (nSPS) is 14.1. The highest BCUT2D eigenvalue weighted by Crippen LogP contribution is 2.26. The number of amides is 1. The minimum atomic E-state index is -0.527. The van der Waals surface area contributed by atoms with Crippen molar-refractivity contribution in [1.29, 1.82) is 0 Å². The number of fused-ring (bicyclic) bond motifs is 1. The van der Waals surface area contributed by atoms with Crippen LogP contribution in [0.15, 0.2) is 49.1 Å². The van der Waals surface area contributed by atoms with Crippen molar-refractivity contribution in [2.75, 3.05) is 0 Å². The molecule has 0 spiro atoms. The largest absolute Gasteiger partial charge is 0.346 e. The Hall–Kier alpha value is -3.55. The second kappa shape index (κ2) is 7.83. The molecule has 0 saturated carbocycles. The number of hydrogen-bond acceptors (Lipinski definition) is 5. The maximum atomic E-state index is 12.7. The van der Waals surface area contributed by atoms with E-state index in [4.69, 9.17) is 0 Å². The summed E-state index contributed by atoms with van der Waals surface area (Å²) in [7, 11) is 0. The van der Waals surface area contributed by atoms with Crippen LogP contribution in [0.1, 0.15) is 52.9 Å². The van der Waals surface area contributed by atoms with Gasteiger partial charge in [-0.25, -0.2) is 9.67 Å². The van der Waals surface area contributed by atoms with Crippen molar-refractivity contribution < 1.29 is 9.72 Å². The Morgan fingerprint density at radius 3 is 2.69 bits per heavy atom. The van der Waals surface area contributed by atoms with Crippen LogP contribution in [-0.2, 0) is 12.8 Å². The van der Waals surface area contributed by atoms with Gasteiger partial charge in [-0.15, -0.1) is 0 Å². The monoisotopic (exact) mass is 391 g/mol. The number of nitrogens with one attached hydrogen (secondary N) is 1. The molecule has 3 aromatic rings. The number of nitrogens with zero attached hydrogens (tertiary/aromatic N) is 4. The summed E-state index contributed by atoms with van der Waals surface area (Å²) in [6.45, 7) is 1.92. The molecule has 29 heavy (non-hydrogen) atoms. The molecule has 1 unspecified atom stereocenters. The molecule has 1 aliphatic rings. The van der Waals surface area contributed by atoms with Crippen LogP contribution in [0, 0.1) is 10.1 Å². The molecule has 4 rings (SSSR count). The summed E-state index contributed by atoms with van der Waals surface area (Å²) in [5.41, 5.74) is 4.05. The van der Waals surface area contributed by atoms with Crippen molar-refractivity contribution in [3.05, 3.63) is 81.4 Å². The van der Waals surface area contributed by atoms with E-state index >= 15 is 0 Å². The summed E-state index contributed by atoms with van der Waals surface area (Å²) >= 11 is 0. The molecule has 1 heterocycles. The van der Waals surface area contributed by atoms with Gasteiger partial charge in [-0.3, -0.25) is 14.9 Å². The van der Waals surface area contributed by atoms with Crippen molar-refractivity contribution in [2.45, 2.75) is 38.6 Å². The van der Waals surface area contributed by atoms with Gasteiger partial charge in [0.05, 0.1) is 11.0 Å². The molecule has 0 fully saturated rings. The molecule has 1 aliphatic carbocycles. The highest BCUT2D eigenvalue weighted by Gasteiger charge is 2.21. The lowest BCUT2D eigenvalue weighted by molar-refractivity contribution is -0.384. The van der Waals surface area contributed by atoms with E-state index in [0.717, 1.165) is 18.4 Å². The van der Waals surface area contributed by atoms with Gasteiger partial charge in [0.15, 0.2) is 0 Å². The van der Waals surface area contributed by atoms with Gasteiger partial charge in [0, 0.05) is 11.6 Å². The van der Waals surface area contributed by atoms with Gasteiger partial charge in [0.1, 0.15) is 18.3 Å². The number of hydrogen-bond donors (Lipinski definition) is 1. The maximum Gasteiger partial charge on any atom is 0.295 e. The standard InChI is InChI=1S/C21H21N5O3/c1-14(16-7-6-15-4-2-3-5-17(15)10-16)24-21(27)18-8-9-19(20(11-18)26(28)29)25-13-22-12-23-25/h6-14H,2-5H2,1H3,(H,24,27). The Kier molecular flexibility index (Phi) is 5.07. The lowest BCUT2D eigenvalue weighted by atomic mass is 9.89. The Morgan fingerprint density at radius 1 is 1.17 bits per heavy atom. The molecule has 1 aromatic heterocycles. The number of nitro groups is 1. The summed E-state index contributed by atoms with van der Waals surface area (Å²) in [6, 6.07) is 10.5. The quantitative estimate of drug-likeness (QED) is 0.529. The first kappa shape index (κ1) is 18.8. The predicted octanol–water partition coefficient (Wildman–Crippen LogP) is 3.55. The Bertz CT molecular complexity index is 1060. The molecule has 0 saturated heterocycles. The van der Waals surface area contributed by atoms with Crippen molar-refractivity contribution in [3.8, 4) is 5.69 Å². The van der Waals surface area contributed by atoms with Gasteiger partial charge >= 0.3 is 0 Å². The summed E-state index contributed by atoms with van der Waals surface area (Å²) in [4.78, 5) is 27.5. The number of nitro benzene ring substituents is 1. The minimum absolute atomic E-state index is 0.204.